The number of piperidine rings is 1. The van der Waals surface area contributed by atoms with Crippen molar-refractivity contribution in [1.29, 1.82) is 0 Å². The first-order valence-corrected chi connectivity index (χ1v) is 8.84. The summed E-state index contributed by atoms with van der Waals surface area (Å²) >= 11 is 0. The molecule has 6 heteroatoms. The largest absolute Gasteiger partial charge is 0.466 e. The number of rotatable bonds is 4. The molecular formula is C20H22N2O4. The molecule has 1 aromatic carbocycles. The van der Waals surface area contributed by atoms with Crippen LogP contribution in [0.4, 0.5) is 0 Å². The number of para-hydroxylation sites is 1. The third kappa shape index (κ3) is 3.85. The number of nitrogens with zero attached hydrogens (tertiary/aromatic N) is 2. The molecule has 0 aliphatic carbocycles. The fourth-order valence-corrected chi connectivity index (χ4v) is 3.16. The van der Waals surface area contributed by atoms with Crippen molar-refractivity contribution in [3.8, 4) is 5.69 Å². The number of ether oxygens (including phenoxy) is 1. The molecule has 2 heterocycles. The average Bonchev–Trinajstić information content (AvgIpc) is 2.69. The second-order valence-electron chi connectivity index (χ2n) is 6.28. The van der Waals surface area contributed by atoms with Gasteiger partial charge in [-0.05, 0) is 38.0 Å². The number of carbonyl (C=O) groups is 2. The molecule has 26 heavy (non-hydrogen) atoms. The van der Waals surface area contributed by atoms with Gasteiger partial charge in [0.1, 0.15) is 0 Å². The van der Waals surface area contributed by atoms with Gasteiger partial charge in [-0.3, -0.25) is 19.0 Å². The van der Waals surface area contributed by atoms with Gasteiger partial charge in [-0.1, -0.05) is 18.2 Å². The first-order valence-electron chi connectivity index (χ1n) is 8.84. The van der Waals surface area contributed by atoms with Crippen molar-refractivity contribution < 1.29 is 14.3 Å². The van der Waals surface area contributed by atoms with Gasteiger partial charge in [-0.25, -0.2) is 0 Å². The third-order valence-electron chi connectivity index (χ3n) is 4.59. The molecule has 3 rings (SSSR count). The molecule has 1 saturated heterocycles. The molecular weight excluding hydrogens is 332 g/mol. The van der Waals surface area contributed by atoms with Crippen LogP contribution in [0, 0.1) is 5.92 Å². The number of likely N-dealkylation sites (tertiary alicyclic amines) is 1. The second kappa shape index (κ2) is 7.99. The molecule has 0 spiro atoms. The summed E-state index contributed by atoms with van der Waals surface area (Å²) in [6.45, 7) is 3.18. The molecule has 136 valence electrons. The Morgan fingerprint density at radius 2 is 1.77 bits per heavy atom. The molecule has 1 aromatic heterocycles. The van der Waals surface area contributed by atoms with Crippen LogP contribution in [0.2, 0.25) is 0 Å². The lowest BCUT2D eigenvalue weighted by Crippen LogP contribution is -2.41. The number of pyridine rings is 1. The smallest absolute Gasteiger partial charge is 0.309 e. The van der Waals surface area contributed by atoms with Gasteiger partial charge >= 0.3 is 5.97 Å². The van der Waals surface area contributed by atoms with Crippen molar-refractivity contribution >= 4 is 11.9 Å². The maximum Gasteiger partial charge on any atom is 0.309 e. The number of hydrogen-bond donors (Lipinski definition) is 0. The van der Waals surface area contributed by atoms with Crippen LogP contribution >= 0.6 is 0 Å². The molecule has 0 bridgehead atoms. The highest BCUT2D eigenvalue weighted by molar-refractivity contribution is 5.94. The summed E-state index contributed by atoms with van der Waals surface area (Å²) in [5.41, 5.74) is 0.991. The van der Waals surface area contributed by atoms with E-state index in [4.69, 9.17) is 4.74 Å². The van der Waals surface area contributed by atoms with Crippen molar-refractivity contribution in [2.75, 3.05) is 19.7 Å². The highest BCUT2D eigenvalue weighted by Crippen LogP contribution is 2.20. The number of benzene rings is 1. The maximum absolute atomic E-state index is 12.8. The summed E-state index contributed by atoms with van der Waals surface area (Å²) < 4.78 is 6.53. The lowest BCUT2D eigenvalue weighted by Gasteiger charge is -2.31. The van der Waals surface area contributed by atoms with E-state index in [9.17, 15) is 14.4 Å². The predicted molar refractivity (Wildman–Crippen MR) is 97.3 cm³/mol. The second-order valence-corrected chi connectivity index (χ2v) is 6.28. The zero-order valence-electron chi connectivity index (χ0n) is 14.8. The Hall–Kier alpha value is -2.89. The Balaban J connectivity index is 1.73. The highest BCUT2D eigenvalue weighted by Gasteiger charge is 2.28. The molecule has 1 fully saturated rings. The van der Waals surface area contributed by atoms with Gasteiger partial charge in [-0.2, -0.15) is 0 Å². The van der Waals surface area contributed by atoms with Crippen LogP contribution in [0.1, 0.15) is 30.1 Å². The lowest BCUT2D eigenvalue weighted by molar-refractivity contribution is -0.149. The van der Waals surface area contributed by atoms with Gasteiger partial charge in [-0.15, -0.1) is 0 Å². The summed E-state index contributed by atoms with van der Waals surface area (Å²) in [7, 11) is 0. The van der Waals surface area contributed by atoms with Crippen LogP contribution in [0.3, 0.4) is 0 Å². The zero-order chi connectivity index (χ0) is 18.5. The fourth-order valence-electron chi connectivity index (χ4n) is 3.16. The molecule has 2 aromatic rings. The topological polar surface area (TPSA) is 68.6 Å². The number of esters is 1. The molecule has 0 atom stereocenters. The summed E-state index contributed by atoms with van der Waals surface area (Å²) in [4.78, 5) is 38.5. The van der Waals surface area contributed by atoms with Crippen molar-refractivity contribution in [3.05, 3.63) is 64.6 Å². The molecule has 0 saturated carbocycles. The van der Waals surface area contributed by atoms with Crippen molar-refractivity contribution in [2.24, 2.45) is 5.92 Å². The number of hydrogen-bond acceptors (Lipinski definition) is 4. The third-order valence-corrected chi connectivity index (χ3v) is 4.59. The first kappa shape index (κ1) is 17.9. The van der Waals surface area contributed by atoms with E-state index in [0.717, 1.165) is 0 Å². The van der Waals surface area contributed by atoms with Crippen molar-refractivity contribution in [3.63, 3.8) is 0 Å². The monoisotopic (exact) mass is 354 g/mol. The van der Waals surface area contributed by atoms with Crippen LogP contribution in [0.5, 0.6) is 0 Å². The summed E-state index contributed by atoms with van der Waals surface area (Å²) in [6, 6.07) is 12.2. The van der Waals surface area contributed by atoms with E-state index in [1.54, 1.807) is 24.1 Å². The van der Waals surface area contributed by atoms with Crippen LogP contribution in [-0.4, -0.2) is 41.0 Å². The van der Waals surface area contributed by atoms with Crippen LogP contribution in [-0.2, 0) is 9.53 Å². The van der Waals surface area contributed by atoms with Gasteiger partial charge in [0, 0.05) is 31.0 Å². The number of carbonyl (C=O) groups excluding carboxylic acids is 2. The molecule has 0 radical (unpaired) electrons. The van der Waals surface area contributed by atoms with E-state index in [2.05, 4.69) is 0 Å². The minimum Gasteiger partial charge on any atom is -0.466 e. The molecule has 1 aliphatic rings. The zero-order valence-corrected chi connectivity index (χ0v) is 14.8. The summed E-state index contributed by atoms with van der Waals surface area (Å²) in [5.74, 6) is -0.452. The van der Waals surface area contributed by atoms with E-state index in [0.29, 0.717) is 43.8 Å². The van der Waals surface area contributed by atoms with E-state index in [1.807, 2.05) is 30.3 Å². The van der Waals surface area contributed by atoms with Gasteiger partial charge in [0.15, 0.2) is 0 Å². The maximum atomic E-state index is 12.8. The van der Waals surface area contributed by atoms with E-state index in [1.165, 1.54) is 10.6 Å². The Bertz CT molecular complexity index is 836. The normalized spacial score (nSPS) is 14.9. The van der Waals surface area contributed by atoms with Crippen LogP contribution in [0.15, 0.2) is 53.5 Å². The molecule has 0 N–H and O–H groups in total. The van der Waals surface area contributed by atoms with Crippen LogP contribution < -0.4 is 5.56 Å². The Labute approximate surface area is 152 Å². The Kier molecular flexibility index (Phi) is 5.51. The lowest BCUT2D eigenvalue weighted by atomic mass is 9.96. The summed E-state index contributed by atoms with van der Waals surface area (Å²) in [5, 5.41) is 0. The number of amides is 1. The van der Waals surface area contributed by atoms with Crippen LogP contribution in [0.25, 0.3) is 5.69 Å². The molecule has 6 nitrogen and oxygen atoms in total. The van der Waals surface area contributed by atoms with E-state index in [-0.39, 0.29) is 23.4 Å². The minimum absolute atomic E-state index is 0.128. The average molecular weight is 354 g/mol. The number of aromatic nitrogens is 1. The van der Waals surface area contributed by atoms with Gasteiger partial charge in [0.2, 0.25) is 0 Å². The standard InChI is InChI=1S/C20H22N2O4/c1-2-26-20(25)15-10-12-21(13-11-15)19(24)16-8-9-18(23)22(14-16)17-6-4-3-5-7-17/h3-9,14-15H,2,10-13H2,1H3. The van der Waals surface area contributed by atoms with E-state index < -0.39 is 0 Å². The van der Waals surface area contributed by atoms with Gasteiger partial charge in [0.25, 0.3) is 11.5 Å². The van der Waals surface area contributed by atoms with Crippen molar-refractivity contribution in [2.45, 2.75) is 19.8 Å². The van der Waals surface area contributed by atoms with Crippen molar-refractivity contribution in [1.82, 2.24) is 9.47 Å². The molecule has 1 amide bonds. The van der Waals surface area contributed by atoms with Gasteiger partial charge < -0.3 is 9.64 Å². The highest BCUT2D eigenvalue weighted by atomic mass is 16.5. The first-order chi connectivity index (χ1) is 12.6. The SMILES string of the molecule is CCOC(=O)C1CCN(C(=O)c2ccc(=O)n(-c3ccccc3)c2)CC1. The minimum atomic E-state index is -0.186. The molecule has 1 aliphatic heterocycles. The molecule has 0 unspecified atom stereocenters. The Morgan fingerprint density at radius 3 is 2.42 bits per heavy atom. The Morgan fingerprint density at radius 1 is 1.08 bits per heavy atom. The van der Waals surface area contributed by atoms with Gasteiger partial charge in [0.05, 0.1) is 18.1 Å². The van der Waals surface area contributed by atoms with E-state index >= 15 is 0 Å². The predicted octanol–water partition coefficient (Wildman–Crippen LogP) is 2.25. The fraction of sp³-hybridized carbons (Fsp3) is 0.350. The summed E-state index contributed by atoms with van der Waals surface area (Å²) in [6.07, 6.45) is 2.78. The quantitative estimate of drug-likeness (QED) is 0.790.